The summed E-state index contributed by atoms with van der Waals surface area (Å²) in [4.78, 5) is 25.8. The molecule has 3 fully saturated rings. The highest BCUT2D eigenvalue weighted by Crippen LogP contribution is 2.37. The van der Waals surface area contributed by atoms with E-state index in [1.54, 1.807) is 0 Å². The van der Waals surface area contributed by atoms with Crippen LogP contribution in [-0.4, -0.2) is 46.4 Å². The van der Waals surface area contributed by atoms with Gasteiger partial charge in [0.1, 0.15) is 0 Å². The summed E-state index contributed by atoms with van der Waals surface area (Å²) in [5.41, 5.74) is 7.19. The third-order valence-corrected chi connectivity index (χ3v) is 5.50. The second-order valence-electron chi connectivity index (χ2n) is 6.91. The Morgan fingerprint density at radius 2 is 2.08 bits per heavy atom. The van der Waals surface area contributed by atoms with Crippen LogP contribution in [0.1, 0.15) is 41.9 Å². The van der Waals surface area contributed by atoms with E-state index in [1.807, 2.05) is 16.8 Å². The van der Waals surface area contributed by atoms with Gasteiger partial charge < -0.3 is 15.4 Å². The Bertz CT molecular complexity index is 836. The Morgan fingerprint density at radius 1 is 1.32 bits per heavy atom. The molecule has 2 bridgehead atoms. The lowest BCUT2D eigenvalue weighted by Gasteiger charge is -2.44. The zero-order valence-corrected chi connectivity index (χ0v) is 14.3. The lowest BCUT2D eigenvalue weighted by Crippen LogP contribution is -2.48. The van der Waals surface area contributed by atoms with Crippen LogP contribution in [-0.2, 0) is 11.2 Å². The molecule has 5 rings (SSSR count). The minimum atomic E-state index is -1.11. The van der Waals surface area contributed by atoms with Crippen LogP contribution >= 0.6 is 0 Å². The molecule has 3 saturated heterocycles. The predicted molar refractivity (Wildman–Crippen MR) is 92.3 cm³/mol. The average Bonchev–Trinajstić information content (AvgIpc) is 3.00. The smallest absolute Gasteiger partial charge is 0.371 e. The third-order valence-electron chi connectivity index (χ3n) is 5.50. The molecule has 1 atom stereocenters. The fourth-order valence-electron chi connectivity index (χ4n) is 4.16. The Balaban J connectivity index is 1.81. The van der Waals surface area contributed by atoms with Crippen LogP contribution in [0.25, 0.3) is 10.9 Å². The van der Waals surface area contributed by atoms with E-state index in [-0.39, 0.29) is 11.7 Å². The summed E-state index contributed by atoms with van der Waals surface area (Å²) >= 11 is 0. The molecule has 0 unspecified atom stereocenters. The number of nitrogens with zero attached hydrogens (tertiary/aromatic N) is 3. The molecule has 0 radical (unpaired) electrons. The van der Waals surface area contributed by atoms with E-state index in [4.69, 9.17) is 5.73 Å². The maximum Gasteiger partial charge on any atom is 0.412 e. The SMILES string of the molecule is CCc1ccc2c(c1)c(C(=O)OC(N)=O)nn2[C@@H]1CN2CCC1CC2. The fraction of sp³-hybridized carbons (Fsp3) is 0.500. The molecule has 2 aromatic rings. The summed E-state index contributed by atoms with van der Waals surface area (Å²) in [5, 5.41) is 5.29. The zero-order chi connectivity index (χ0) is 17.6. The number of hydrogen-bond donors (Lipinski definition) is 1. The number of rotatable bonds is 3. The molecule has 2 N–H and O–H groups in total. The zero-order valence-electron chi connectivity index (χ0n) is 14.3. The normalized spacial score (nSPS) is 25.2. The van der Waals surface area contributed by atoms with E-state index in [9.17, 15) is 9.59 Å². The van der Waals surface area contributed by atoms with Crippen molar-refractivity contribution in [2.45, 2.75) is 32.2 Å². The van der Waals surface area contributed by atoms with Crippen LogP contribution in [0.15, 0.2) is 18.2 Å². The van der Waals surface area contributed by atoms with Crippen LogP contribution in [0.3, 0.4) is 0 Å². The second kappa shape index (κ2) is 6.15. The Hall–Kier alpha value is -2.41. The van der Waals surface area contributed by atoms with Crippen molar-refractivity contribution in [3.63, 3.8) is 0 Å². The molecule has 132 valence electrons. The minimum absolute atomic E-state index is 0.167. The number of aryl methyl sites for hydroxylation is 1. The van der Waals surface area contributed by atoms with Gasteiger partial charge in [-0.15, -0.1) is 0 Å². The molecule has 0 saturated carbocycles. The molecule has 25 heavy (non-hydrogen) atoms. The maximum absolute atomic E-state index is 12.3. The van der Waals surface area contributed by atoms with Gasteiger partial charge in [-0.05, 0) is 56.0 Å². The lowest BCUT2D eigenvalue weighted by atomic mass is 9.84. The highest BCUT2D eigenvalue weighted by atomic mass is 16.6. The van der Waals surface area contributed by atoms with Gasteiger partial charge in [0, 0.05) is 11.9 Å². The molecule has 7 nitrogen and oxygen atoms in total. The standard InChI is InChI=1S/C18H22N4O3/c1-2-11-3-4-14-13(9-11)16(17(23)25-18(19)24)20-22(14)15-10-21-7-5-12(15)6-8-21/h3-4,9,12,15H,2,5-8,10H2,1H3,(H2,19,24)/t15-/m1/s1. The van der Waals surface area contributed by atoms with Crippen LogP contribution in [0, 0.1) is 5.92 Å². The number of aromatic nitrogens is 2. The van der Waals surface area contributed by atoms with Gasteiger partial charge >= 0.3 is 12.1 Å². The number of nitrogens with two attached hydrogens (primary N) is 1. The maximum atomic E-state index is 12.3. The van der Waals surface area contributed by atoms with Gasteiger partial charge in [-0.1, -0.05) is 13.0 Å². The molecule has 3 aliphatic heterocycles. The predicted octanol–water partition coefficient (Wildman–Crippen LogP) is 2.10. The van der Waals surface area contributed by atoms with Gasteiger partial charge in [-0.2, -0.15) is 5.10 Å². The van der Waals surface area contributed by atoms with Crippen molar-refractivity contribution in [2.24, 2.45) is 11.7 Å². The molecular formula is C18H22N4O3. The van der Waals surface area contributed by atoms with E-state index in [2.05, 4.69) is 27.7 Å². The first kappa shape index (κ1) is 16.1. The van der Waals surface area contributed by atoms with E-state index >= 15 is 0 Å². The van der Waals surface area contributed by atoms with Crippen LogP contribution in [0.4, 0.5) is 4.79 Å². The molecule has 3 aliphatic rings. The van der Waals surface area contributed by atoms with Gasteiger partial charge in [0.05, 0.1) is 11.6 Å². The molecular weight excluding hydrogens is 320 g/mol. The van der Waals surface area contributed by atoms with Gasteiger partial charge in [0.15, 0.2) is 5.69 Å². The molecule has 0 spiro atoms. The first-order valence-electron chi connectivity index (χ1n) is 8.82. The van der Waals surface area contributed by atoms with Crippen molar-refractivity contribution < 1.29 is 14.3 Å². The quantitative estimate of drug-likeness (QED) is 0.681. The summed E-state index contributed by atoms with van der Waals surface area (Å²) in [7, 11) is 0. The number of esters is 1. The molecule has 1 aromatic carbocycles. The van der Waals surface area contributed by atoms with E-state index in [0.29, 0.717) is 5.92 Å². The topological polar surface area (TPSA) is 90.5 Å². The first-order chi connectivity index (χ1) is 12.1. The van der Waals surface area contributed by atoms with Crippen LogP contribution in [0.5, 0.6) is 0 Å². The lowest BCUT2D eigenvalue weighted by molar-refractivity contribution is 0.0518. The third kappa shape index (κ3) is 2.78. The number of amides is 1. The summed E-state index contributed by atoms with van der Waals surface area (Å²) in [6.45, 7) is 5.27. The van der Waals surface area contributed by atoms with Crippen LogP contribution < -0.4 is 5.73 Å². The van der Waals surface area contributed by atoms with Gasteiger partial charge in [-0.25, -0.2) is 9.59 Å². The summed E-state index contributed by atoms with van der Waals surface area (Å²) in [6.07, 6.45) is 2.05. The van der Waals surface area contributed by atoms with Crippen molar-refractivity contribution >= 4 is 23.0 Å². The number of fused-ring (bicyclic) bond motifs is 4. The molecule has 0 aliphatic carbocycles. The van der Waals surface area contributed by atoms with Crippen molar-refractivity contribution in [3.8, 4) is 0 Å². The average molecular weight is 342 g/mol. The second-order valence-corrected chi connectivity index (χ2v) is 6.91. The molecule has 1 amide bonds. The number of hydrogen-bond acceptors (Lipinski definition) is 5. The van der Waals surface area contributed by atoms with Gasteiger partial charge in [0.2, 0.25) is 0 Å². The summed E-state index contributed by atoms with van der Waals surface area (Å²) < 4.78 is 6.55. The largest absolute Gasteiger partial charge is 0.412 e. The first-order valence-corrected chi connectivity index (χ1v) is 8.82. The Morgan fingerprint density at radius 3 is 2.68 bits per heavy atom. The number of ether oxygens (including phenoxy) is 1. The Kier molecular flexibility index (Phi) is 3.95. The molecule has 1 aromatic heterocycles. The Labute approximate surface area is 145 Å². The van der Waals surface area contributed by atoms with E-state index in [0.717, 1.165) is 55.4 Å². The van der Waals surface area contributed by atoms with Crippen LogP contribution in [0.2, 0.25) is 0 Å². The van der Waals surface area contributed by atoms with Crippen molar-refractivity contribution in [1.82, 2.24) is 14.7 Å². The van der Waals surface area contributed by atoms with Crippen molar-refractivity contribution in [1.29, 1.82) is 0 Å². The van der Waals surface area contributed by atoms with E-state index in [1.165, 1.54) is 0 Å². The fourth-order valence-corrected chi connectivity index (χ4v) is 4.16. The van der Waals surface area contributed by atoms with Crippen molar-refractivity contribution in [2.75, 3.05) is 19.6 Å². The number of piperidine rings is 3. The monoisotopic (exact) mass is 342 g/mol. The summed E-state index contributed by atoms with van der Waals surface area (Å²) in [5.74, 6) is -0.218. The van der Waals surface area contributed by atoms with Gasteiger partial charge in [-0.3, -0.25) is 4.68 Å². The highest BCUT2D eigenvalue weighted by molar-refractivity contribution is 6.05. The van der Waals surface area contributed by atoms with E-state index < -0.39 is 12.1 Å². The number of primary amides is 1. The number of carbonyl (C=O) groups is 2. The van der Waals surface area contributed by atoms with Crippen molar-refractivity contribution in [3.05, 3.63) is 29.5 Å². The van der Waals surface area contributed by atoms with Gasteiger partial charge in [0.25, 0.3) is 0 Å². The molecule has 7 heteroatoms. The minimum Gasteiger partial charge on any atom is -0.371 e. The highest BCUT2D eigenvalue weighted by Gasteiger charge is 2.37. The molecule has 4 heterocycles. The number of carbonyl (C=O) groups excluding carboxylic acids is 2. The number of benzene rings is 1. The summed E-state index contributed by atoms with van der Waals surface area (Å²) in [6, 6.07) is 6.27.